The van der Waals surface area contributed by atoms with Crippen molar-refractivity contribution in [2.24, 2.45) is 0 Å². The molecule has 0 spiro atoms. The Morgan fingerprint density at radius 3 is 2.25 bits per heavy atom. The van der Waals surface area contributed by atoms with Crippen LogP contribution in [0.3, 0.4) is 0 Å². The summed E-state index contributed by atoms with van der Waals surface area (Å²) >= 11 is 1.47. The summed E-state index contributed by atoms with van der Waals surface area (Å²) in [4.78, 5) is 0. The third-order valence-electron chi connectivity index (χ3n) is 4.94. The molecule has 0 aliphatic carbocycles. The van der Waals surface area contributed by atoms with Crippen LogP contribution < -0.4 is 9.47 Å². The van der Waals surface area contributed by atoms with Gasteiger partial charge in [-0.3, -0.25) is 4.57 Å². The fourth-order valence-corrected chi connectivity index (χ4v) is 4.23. The van der Waals surface area contributed by atoms with Gasteiger partial charge in [-0.05, 0) is 61.0 Å². The predicted molar refractivity (Wildman–Crippen MR) is 127 cm³/mol. The van der Waals surface area contributed by atoms with Crippen molar-refractivity contribution in [3.63, 3.8) is 0 Å². The van der Waals surface area contributed by atoms with E-state index < -0.39 is 6.10 Å². The number of aliphatic hydroxyl groups excluding tert-OH is 1. The fraction of sp³-hybridized carbons (Fsp3) is 0.200. The molecule has 7 heteroatoms. The first-order valence-corrected chi connectivity index (χ1v) is 11.4. The molecular formula is C25H25N3O3S. The Morgan fingerprint density at radius 1 is 0.906 bits per heavy atom. The molecule has 0 aliphatic heterocycles. The van der Waals surface area contributed by atoms with Gasteiger partial charge in [0, 0.05) is 17.0 Å². The van der Waals surface area contributed by atoms with E-state index in [2.05, 4.69) is 10.2 Å². The Balaban J connectivity index is 1.67. The van der Waals surface area contributed by atoms with Crippen LogP contribution in [0.25, 0.3) is 17.1 Å². The lowest BCUT2D eigenvalue weighted by molar-refractivity contribution is 0.204. The van der Waals surface area contributed by atoms with Gasteiger partial charge in [0.05, 0.1) is 19.8 Å². The molecule has 0 saturated carbocycles. The van der Waals surface area contributed by atoms with E-state index in [4.69, 9.17) is 9.47 Å². The number of aliphatic hydroxyl groups is 1. The standard InChI is InChI=1S/C25H25N3O3S/c1-3-31-22-15-11-20(12-16-22)28-24(19-9-13-21(30-2)14-10-19)26-27-25(28)32-17-23(29)18-7-5-4-6-8-18/h4-16,23,29H,3,17H2,1-2H3/t23-/m0/s1. The Kier molecular flexibility index (Phi) is 7.09. The molecule has 4 aromatic rings. The van der Waals surface area contributed by atoms with Crippen LogP contribution in [0.2, 0.25) is 0 Å². The van der Waals surface area contributed by atoms with Crippen molar-refractivity contribution in [1.82, 2.24) is 14.8 Å². The van der Waals surface area contributed by atoms with Crippen LogP contribution in [0.5, 0.6) is 11.5 Å². The molecule has 4 rings (SSSR count). The van der Waals surface area contributed by atoms with E-state index in [1.807, 2.05) is 90.4 Å². The highest BCUT2D eigenvalue weighted by Gasteiger charge is 2.18. The summed E-state index contributed by atoms with van der Waals surface area (Å²) in [6.45, 7) is 2.57. The minimum Gasteiger partial charge on any atom is -0.497 e. The van der Waals surface area contributed by atoms with Crippen molar-refractivity contribution in [2.45, 2.75) is 18.2 Å². The van der Waals surface area contributed by atoms with Crippen molar-refractivity contribution >= 4 is 11.8 Å². The number of methoxy groups -OCH3 is 1. The maximum Gasteiger partial charge on any atom is 0.196 e. The lowest BCUT2D eigenvalue weighted by atomic mass is 10.1. The van der Waals surface area contributed by atoms with Crippen molar-refractivity contribution in [3.8, 4) is 28.6 Å². The monoisotopic (exact) mass is 447 g/mol. The number of thioether (sulfide) groups is 1. The number of rotatable bonds is 9. The number of hydrogen-bond donors (Lipinski definition) is 1. The van der Waals surface area contributed by atoms with Crippen molar-refractivity contribution in [3.05, 3.63) is 84.4 Å². The van der Waals surface area contributed by atoms with Gasteiger partial charge in [0.1, 0.15) is 11.5 Å². The van der Waals surface area contributed by atoms with Gasteiger partial charge in [-0.1, -0.05) is 42.1 Å². The summed E-state index contributed by atoms with van der Waals surface area (Å²) in [6.07, 6.45) is -0.601. The molecule has 0 radical (unpaired) electrons. The summed E-state index contributed by atoms with van der Waals surface area (Å²) < 4.78 is 12.9. The molecule has 0 aliphatic rings. The lowest BCUT2D eigenvalue weighted by Crippen LogP contribution is -2.04. The Hall–Kier alpha value is -3.29. The number of benzene rings is 3. The van der Waals surface area contributed by atoms with Gasteiger partial charge in [-0.2, -0.15) is 0 Å². The molecular weight excluding hydrogens is 422 g/mol. The number of nitrogens with zero attached hydrogens (tertiary/aromatic N) is 3. The maximum absolute atomic E-state index is 10.6. The van der Waals surface area contributed by atoms with E-state index in [-0.39, 0.29) is 0 Å². The zero-order chi connectivity index (χ0) is 22.3. The second kappa shape index (κ2) is 10.3. The van der Waals surface area contributed by atoms with Gasteiger partial charge in [-0.15, -0.1) is 10.2 Å². The molecule has 0 unspecified atom stereocenters. The minimum absolute atomic E-state index is 0.460. The number of hydrogen-bond acceptors (Lipinski definition) is 6. The second-order valence-electron chi connectivity index (χ2n) is 7.03. The molecule has 0 fully saturated rings. The Bertz CT molecular complexity index is 1130. The normalized spacial score (nSPS) is 11.8. The van der Waals surface area contributed by atoms with E-state index >= 15 is 0 Å². The minimum atomic E-state index is -0.601. The summed E-state index contributed by atoms with van der Waals surface area (Å²) in [5, 5.41) is 20.2. The lowest BCUT2D eigenvalue weighted by Gasteiger charge is -2.13. The average Bonchev–Trinajstić information content (AvgIpc) is 3.27. The predicted octanol–water partition coefficient (Wildman–Crippen LogP) is 5.17. The molecule has 1 atom stereocenters. The van der Waals surface area contributed by atoms with Crippen LogP contribution in [0.1, 0.15) is 18.6 Å². The van der Waals surface area contributed by atoms with E-state index in [0.717, 1.165) is 28.3 Å². The molecule has 6 nitrogen and oxygen atoms in total. The first-order chi connectivity index (χ1) is 15.7. The second-order valence-corrected chi connectivity index (χ2v) is 8.02. The Labute approximate surface area is 191 Å². The highest BCUT2D eigenvalue weighted by atomic mass is 32.2. The fourth-order valence-electron chi connectivity index (χ4n) is 3.31. The van der Waals surface area contributed by atoms with Crippen LogP contribution in [0.4, 0.5) is 0 Å². The third kappa shape index (κ3) is 4.95. The van der Waals surface area contributed by atoms with Crippen LogP contribution in [-0.4, -0.2) is 39.3 Å². The van der Waals surface area contributed by atoms with E-state index in [1.165, 1.54) is 11.8 Å². The highest BCUT2D eigenvalue weighted by Crippen LogP contribution is 2.31. The van der Waals surface area contributed by atoms with Gasteiger partial charge >= 0.3 is 0 Å². The quantitative estimate of drug-likeness (QED) is 0.357. The molecule has 1 heterocycles. The summed E-state index contributed by atoms with van der Waals surface area (Å²) in [6, 6.07) is 25.2. The zero-order valence-electron chi connectivity index (χ0n) is 18.0. The van der Waals surface area contributed by atoms with E-state index in [1.54, 1.807) is 7.11 Å². The largest absolute Gasteiger partial charge is 0.497 e. The smallest absolute Gasteiger partial charge is 0.196 e. The van der Waals surface area contributed by atoms with Crippen molar-refractivity contribution < 1.29 is 14.6 Å². The summed E-state index contributed by atoms with van der Waals surface area (Å²) in [5.74, 6) is 2.76. The van der Waals surface area contributed by atoms with Crippen molar-refractivity contribution in [2.75, 3.05) is 19.5 Å². The number of ether oxygens (including phenoxy) is 2. The van der Waals surface area contributed by atoms with E-state index in [0.29, 0.717) is 23.3 Å². The van der Waals surface area contributed by atoms with Gasteiger partial charge in [-0.25, -0.2) is 0 Å². The SMILES string of the molecule is CCOc1ccc(-n2c(SC[C@H](O)c3ccccc3)nnc2-c2ccc(OC)cc2)cc1. The van der Waals surface area contributed by atoms with Gasteiger partial charge in [0.15, 0.2) is 11.0 Å². The van der Waals surface area contributed by atoms with Gasteiger partial charge in [0.2, 0.25) is 0 Å². The number of aromatic nitrogens is 3. The molecule has 0 bridgehead atoms. The molecule has 1 N–H and O–H groups in total. The third-order valence-corrected chi connectivity index (χ3v) is 5.95. The average molecular weight is 448 g/mol. The molecule has 32 heavy (non-hydrogen) atoms. The van der Waals surface area contributed by atoms with Gasteiger partial charge < -0.3 is 14.6 Å². The van der Waals surface area contributed by atoms with Crippen LogP contribution in [0.15, 0.2) is 84.0 Å². The molecule has 0 amide bonds. The van der Waals surface area contributed by atoms with Crippen LogP contribution >= 0.6 is 11.8 Å². The van der Waals surface area contributed by atoms with Gasteiger partial charge in [0.25, 0.3) is 0 Å². The molecule has 3 aromatic carbocycles. The first kappa shape index (κ1) is 21.9. The highest BCUT2D eigenvalue weighted by molar-refractivity contribution is 7.99. The molecule has 0 saturated heterocycles. The van der Waals surface area contributed by atoms with Crippen LogP contribution in [0, 0.1) is 0 Å². The van der Waals surface area contributed by atoms with Crippen LogP contribution in [-0.2, 0) is 0 Å². The first-order valence-electron chi connectivity index (χ1n) is 10.4. The van der Waals surface area contributed by atoms with Crippen molar-refractivity contribution in [1.29, 1.82) is 0 Å². The zero-order valence-corrected chi connectivity index (χ0v) is 18.8. The molecule has 1 aromatic heterocycles. The summed E-state index contributed by atoms with van der Waals surface area (Å²) in [5.41, 5.74) is 2.71. The van der Waals surface area contributed by atoms with E-state index in [9.17, 15) is 5.11 Å². The summed E-state index contributed by atoms with van der Waals surface area (Å²) in [7, 11) is 1.64. The molecule has 164 valence electrons. The Morgan fingerprint density at radius 2 is 1.59 bits per heavy atom. The topological polar surface area (TPSA) is 69.4 Å². The maximum atomic E-state index is 10.6.